The van der Waals surface area contributed by atoms with Crippen molar-refractivity contribution in [3.8, 4) is 0 Å². The average Bonchev–Trinajstić information content (AvgIpc) is 1.83. The van der Waals surface area contributed by atoms with E-state index in [1.165, 1.54) is 23.2 Å². The molecule has 1 aromatic heterocycles. The van der Waals surface area contributed by atoms with Gasteiger partial charge in [0.25, 0.3) is 0 Å². The standard InChI is InChI=1S/C4H3AsCl2N2/c5-2-3(6)8-1-9-4(2)7/h1H,5H2. The van der Waals surface area contributed by atoms with Crippen LogP contribution in [0.1, 0.15) is 0 Å². The van der Waals surface area contributed by atoms with Crippen LogP contribution < -0.4 is 4.35 Å². The molecule has 0 aliphatic heterocycles. The summed E-state index contributed by atoms with van der Waals surface area (Å²) in [5.74, 6) is 0. The van der Waals surface area contributed by atoms with Crippen LogP contribution in [-0.4, -0.2) is 26.8 Å². The topological polar surface area (TPSA) is 25.8 Å². The van der Waals surface area contributed by atoms with Crippen molar-refractivity contribution in [2.24, 2.45) is 0 Å². The number of hydrogen-bond acceptors (Lipinski definition) is 2. The molecule has 48 valence electrons. The van der Waals surface area contributed by atoms with Gasteiger partial charge in [-0.05, 0) is 0 Å². The minimum absolute atomic E-state index is 0.440. The predicted molar refractivity (Wildman–Crippen MR) is 40.2 cm³/mol. The van der Waals surface area contributed by atoms with Crippen LogP contribution in [0, 0.1) is 0 Å². The second-order valence-electron chi connectivity index (χ2n) is 1.37. The summed E-state index contributed by atoms with van der Waals surface area (Å²) in [6.45, 7) is 0. The summed E-state index contributed by atoms with van der Waals surface area (Å²) in [5, 5.41) is 0.880. The zero-order valence-electron chi connectivity index (χ0n) is 4.31. The summed E-state index contributed by atoms with van der Waals surface area (Å²) in [5.41, 5.74) is 0. The van der Waals surface area contributed by atoms with E-state index in [4.69, 9.17) is 23.2 Å². The van der Waals surface area contributed by atoms with Crippen LogP contribution in [0.25, 0.3) is 0 Å². The van der Waals surface area contributed by atoms with Gasteiger partial charge in [0.15, 0.2) is 0 Å². The van der Waals surface area contributed by atoms with Gasteiger partial charge in [-0.25, -0.2) is 0 Å². The Kier molecular flexibility index (Phi) is 2.34. The van der Waals surface area contributed by atoms with Gasteiger partial charge in [-0.15, -0.1) is 0 Å². The SMILES string of the molecule is Clc1ncnc(Cl)c1[AsH2]. The summed E-state index contributed by atoms with van der Waals surface area (Å²) in [6.07, 6.45) is 1.34. The quantitative estimate of drug-likeness (QED) is 0.460. The summed E-state index contributed by atoms with van der Waals surface area (Å²) in [7, 11) is 0. The second-order valence-corrected chi connectivity index (χ2v) is 3.30. The van der Waals surface area contributed by atoms with Crippen LogP contribution in [0.2, 0.25) is 10.3 Å². The molecule has 0 aromatic carbocycles. The summed E-state index contributed by atoms with van der Waals surface area (Å²) < 4.78 is 0.785. The third kappa shape index (κ3) is 1.57. The van der Waals surface area contributed by atoms with Crippen molar-refractivity contribution in [2.45, 2.75) is 0 Å². The zero-order chi connectivity index (χ0) is 6.85. The molecular weight excluding hydrogens is 222 g/mol. The molecular formula is C4H3AsCl2N2. The van der Waals surface area contributed by atoms with Gasteiger partial charge in [-0.1, -0.05) is 0 Å². The first kappa shape index (κ1) is 7.33. The van der Waals surface area contributed by atoms with Crippen molar-refractivity contribution in [3.05, 3.63) is 16.6 Å². The number of nitrogens with zero attached hydrogens (tertiary/aromatic N) is 2. The first-order valence-electron chi connectivity index (χ1n) is 2.13. The Bertz CT molecular complexity index is 208. The molecule has 5 heteroatoms. The molecule has 0 aliphatic rings. The molecule has 0 N–H and O–H groups in total. The molecule has 0 fully saturated rings. The molecule has 0 amide bonds. The summed E-state index contributed by atoms with van der Waals surface area (Å²) >= 11 is 12.5. The minimum atomic E-state index is 0.440. The van der Waals surface area contributed by atoms with Gasteiger partial charge in [0.2, 0.25) is 0 Å². The van der Waals surface area contributed by atoms with Gasteiger partial charge in [0, 0.05) is 0 Å². The number of hydrogen-bond donors (Lipinski definition) is 0. The number of aromatic nitrogens is 2. The molecule has 0 aliphatic carbocycles. The van der Waals surface area contributed by atoms with Crippen molar-refractivity contribution < 1.29 is 0 Å². The van der Waals surface area contributed by atoms with Gasteiger partial charge in [-0.3, -0.25) is 0 Å². The summed E-state index contributed by atoms with van der Waals surface area (Å²) in [6, 6.07) is 0. The Balaban J connectivity index is 3.25. The first-order valence-corrected chi connectivity index (χ1v) is 4.10. The normalized spacial score (nSPS) is 9.67. The Hall–Kier alpha value is 0.218. The fraction of sp³-hybridized carbons (Fsp3) is 0. The monoisotopic (exact) mass is 224 g/mol. The first-order chi connectivity index (χ1) is 4.22. The number of rotatable bonds is 0. The van der Waals surface area contributed by atoms with Crippen molar-refractivity contribution in [2.75, 3.05) is 0 Å². The molecule has 0 spiro atoms. The van der Waals surface area contributed by atoms with E-state index >= 15 is 0 Å². The molecule has 2 nitrogen and oxygen atoms in total. The third-order valence-electron chi connectivity index (χ3n) is 0.787. The molecule has 1 aromatic rings. The Morgan fingerprint density at radius 1 is 1.22 bits per heavy atom. The molecule has 1 heterocycles. The molecule has 0 saturated carbocycles. The molecule has 0 bridgehead atoms. The Morgan fingerprint density at radius 2 is 1.67 bits per heavy atom. The van der Waals surface area contributed by atoms with Gasteiger partial charge >= 0.3 is 71.0 Å². The molecule has 1 atom stereocenters. The van der Waals surface area contributed by atoms with E-state index in [2.05, 4.69) is 9.97 Å². The van der Waals surface area contributed by atoms with Crippen LogP contribution in [0.3, 0.4) is 0 Å². The number of halogens is 2. The fourth-order valence-corrected chi connectivity index (χ4v) is 0.982. The van der Waals surface area contributed by atoms with Crippen molar-refractivity contribution in [3.63, 3.8) is 0 Å². The van der Waals surface area contributed by atoms with Gasteiger partial charge in [0.05, 0.1) is 0 Å². The Labute approximate surface area is 71.1 Å². The van der Waals surface area contributed by atoms with E-state index in [1.807, 2.05) is 0 Å². The average molecular weight is 225 g/mol. The fourth-order valence-electron chi connectivity index (χ4n) is 0.354. The van der Waals surface area contributed by atoms with Gasteiger partial charge < -0.3 is 0 Å². The van der Waals surface area contributed by atoms with Gasteiger partial charge in [0.1, 0.15) is 0 Å². The molecule has 9 heavy (non-hydrogen) atoms. The maximum atomic E-state index is 5.59. The molecule has 1 rings (SSSR count). The van der Waals surface area contributed by atoms with E-state index in [0.29, 0.717) is 10.3 Å². The molecule has 0 saturated heterocycles. The molecule has 0 radical (unpaired) electrons. The third-order valence-corrected chi connectivity index (χ3v) is 3.30. The van der Waals surface area contributed by atoms with Crippen molar-refractivity contribution in [1.82, 2.24) is 9.97 Å². The Morgan fingerprint density at radius 3 is 2.00 bits per heavy atom. The second kappa shape index (κ2) is 2.87. The van der Waals surface area contributed by atoms with Crippen LogP contribution in [0.4, 0.5) is 0 Å². The predicted octanol–water partition coefficient (Wildman–Crippen LogP) is 0.0418. The van der Waals surface area contributed by atoms with Crippen molar-refractivity contribution >= 4 is 44.4 Å². The van der Waals surface area contributed by atoms with Crippen molar-refractivity contribution in [1.29, 1.82) is 0 Å². The van der Waals surface area contributed by atoms with E-state index in [0.717, 1.165) is 4.35 Å². The maximum absolute atomic E-state index is 5.59. The molecule has 1 unspecified atom stereocenters. The van der Waals surface area contributed by atoms with Gasteiger partial charge in [-0.2, -0.15) is 0 Å². The van der Waals surface area contributed by atoms with E-state index in [1.54, 1.807) is 0 Å². The van der Waals surface area contributed by atoms with Crippen LogP contribution in [-0.2, 0) is 0 Å². The van der Waals surface area contributed by atoms with Crippen LogP contribution >= 0.6 is 23.2 Å². The van der Waals surface area contributed by atoms with Crippen LogP contribution in [0.5, 0.6) is 0 Å². The van der Waals surface area contributed by atoms with E-state index in [9.17, 15) is 0 Å². The van der Waals surface area contributed by atoms with E-state index < -0.39 is 0 Å². The van der Waals surface area contributed by atoms with E-state index in [-0.39, 0.29) is 0 Å². The summed E-state index contributed by atoms with van der Waals surface area (Å²) in [4.78, 5) is 7.45. The van der Waals surface area contributed by atoms with Crippen LogP contribution in [0.15, 0.2) is 6.33 Å². The zero-order valence-corrected chi connectivity index (χ0v) is 8.24.